The number of ether oxygens (including phenoxy) is 2. The molecule has 5 heteroatoms. The Morgan fingerprint density at radius 1 is 0.654 bits per heavy atom. The van der Waals surface area contributed by atoms with Gasteiger partial charge in [0.2, 0.25) is 0 Å². The molecule has 130 valence electrons. The summed E-state index contributed by atoms with van der Waals surface area (Å²) < 4.78 is 10.5. The molecular weight excluding hydrogens is 326 g/mol. The quantitative estimate of drug-likeness (QED) is 0.414. The molecule has 0 unspecified atom stereocenters. The zero-order chi connectivity index (χ0) is 18.2. The predicted molar refractivity (Wildman–Crippen MR) is 104 cm³/mol. The molecule has 0 heterocycles. The minimum atomic E-state index is 0.674. The maximum absolute atomic E-state index is 5.30. The van der Waals surface area contributed by atoms with E-state index < -0.39 is 0 Å². The van der Waals surface area contributed by atoms with Crippen LogP contribution in [-0.4, -0.2) is 20.4 Å². The molecule has 0 aliphatic rings. The summed E-state index contributed by atoms with van der Waals surface area (Å²) >= 11 is 0. The normalized spacial score (nSPS) is 11.2. The van der Waals surface area contributed by atoms with E-state index in [1.54, 1.807) is 20.4 Å². The van der Waals surface area contributed by atoms with E-state index in [9.17, 15) is 0 Å². The lowest BCUT2D eigenvalue weighted by Gasteiger charge is -2.07. The van der Waals surface area contributed by atoms with Crippen LogP contribution in [0.3, 0.4) is 0 Å². The van der Waals surface area contributed by atoms with Crippen molar-refractivity contribution < 1.29 is 9.47 Å². The molecule has 26 heavy (non-hydrogen) atoms. The van der Waals surface area contributed by atoms with Crippen LogP contribution in [0.15, 0.2) is 88.0 Å². The highest BCUT2D eigenvalue weighted by Gasteiger charge is 2.03. The molecule has 0 aliphatic heterocycles. The van der Waals surface area contributed by atoms with Gasteiger partial charge in [-0.1, -0.05) is 18.2 Å². The SMILES string of the molecule is COc1ccc(C=Nc2ccc(N=Nc3ccccc3)cc2)cc1OC. The third kappa shape index (κ3) is 4.54. The van der Waals surface area contributed by atoms with E-state index in [1.807, 2.05) is 72.8 Å². The van der Waals surface area contributed by atoms with Crippen molar-refractivity contribution in [3.8, 4) is 11.5 Å². The average Bonchev–Trinajstić information content (AvgIpc) is 2.72. The number of aliphatic imine (C=N–C) groups is 1. The Morgan fingerprint density at radius 3 is 1.92 bits per heavy atom. The molecule has 0 spiro atoms. The standard InChI is InChI=1S/C21H19N3O2/c1-25-20-13-8-16(14-21(20)26-2)15-22-17-9-11-19(12-10-17)24-23-18-6-4-3-5-7-18/h3-15H,1-2H3. The number of hydrogen-bond acceptors (Lipinski definition) is 5. The van der Waals surface area contributed by atoms with Crippen molar-refractivity contribution in [1.29, 1.82) is 0 Å². The lowest BCUT2D eigenvalue weighted by atomic mass is 10.2. The summed E-state index contributed by atoms with van der Waals surface area (Å²) in [5, 5.41) is 8.42. The Bertz CT molecular complexity index is 904. The topological polar surface area (TPSA) is 55.5 Å². The maximum atomic E-state index is 5.30. The van der Waals surface area contributed by atoms with Gasteiger partial charge in [-0.25, -0.2) is 0 Å². The molecule has 0 bridgehead atoms. The second-order valence-corrected chi connectivity index (χ2v) is 5.42. The van der Waals surface area contributed by atoms with Gasteiger partial charge in [0.25, 0.3) is 0 Å². The van der Waals surface area contributed by atoms with Crippen molar-refractivity contribution in [2.75, 3.05) is 14.2 Å². The van der Waals surface area contributed by atoms with Gasteiger partial charge < -0.3 is 9.47 Å². The largest absolute Gasteiger partial charge is 0.493 e. The second-order valence-electron chi connectivity index (χ2n) is 5.42. The lowest BCUT2D eigenvalue weighted by Crippen LogP contribution is -1.91. The average molecular weight is 345 g/mol. The summed E-state index contributed by atoms with van der Waals surface area (Å²) in [6, 6.07) is 22.8. The minimum Gasteiger partial charge on any atom is -0.493 e. The van der Waals surface area contributed by atoms with E-state index in [2.05, 4.69) is 15.2 Å². The number of rotatable bonds is 6. The van der Waals surface area contributed by atoms with Crippen LogP contribution in [0.1, 0.15) is 5.56 Å². The van der Waals surface area contributed by atoms with E-state index in [4.69, 9.17) is 9.47 Å². The first kappa shape index (κ1) is 17.4. The molecule has 0 aliphatic carbocycles. The highest BCUT2D eigenvalue weighted by molar-refractivity contribution is 5.83. The summed E-state index contributed by atoms with van der Waals surface area (Å²) in [5.41, 5.74) is 3.36. The van der Waals surface area contributed by atoms with Crippen molar-refractivity contribution in [1.82, 2.24) is 0 Å². The van der Waals surface area contributed by atoms with Crippen molar-refractivity contribution >= 4 is 23.3 Å². The van der Waals surface area contributed by atoms with E-state index in [-0.39, 0.29) is 0 Å². The molecule has 0 aromatic heterocycles. The van der Waals surface area contributed by atoms with E-state index in [0.717, 1.165) is 22.6 Å². The summed E-state index contributed by atoms with van der Waals surface area (Å²) in [5.74, 6) is 1.37. The predicted octanol–water partition coefficient (Wildman–Crippen LogP) is 5.87. The van der Waals surface area contributed by atoms with Crippen molar-refractivity contribution in [3.63, 3.8) is 0 Å². The van der Waals surface area contributed by atoms with Gasteiger partial charge >= 0.3 is 0 Å². The summed E-state index contributed by atoms with van der Waals surface area (Å²) in [6.45, 7) is 0. The molecule has 0 amide bonds. The Labute approximate surface area is 152 Å². The fourth-order valence-corrected chi connectivity index (χ4v) is 2.30. The molecule has 3 aromatic rings. The number of hydrogen-bond donors (Lipinski definition) is 0. The molecule has 0 radical (unpaired) electrons. The van der Waals surface area contributed by atoms with E-state index in [0.29, 0.717) is 11.5 Å². The van der Waals surface area contributed by atoms with Crippen molar-refractivity contribution in [3.05, 3.63) is 78.4 Å². The monoisotopic (exact) mass is 345 g/mol. The first-order valence-electron chi connectivity index (χ1n) is 8.11. The fourth-order valence-electron chi connectivity index (χ4n) is 2.30. The molecule has 0 atom stereocenters. The van der Waals surface area contributed by atoms with E-state index >= 15 is 0 Å². The Morgan fingerprint density at radius 2 is 1.27 bits per heavy atom. The van der Waals surface area contributed by atoms with Crippen molar-refractivity contribution in [2.24, 2.45) is 15.2 Å². The van der Waals surface area contributed by atoms with Crippen LogP contribution in [0, 0.1) is 0 Å². The fraction of sp³-hybridized carbons (Fsp3) is 0.0952. The van der Waals surface area contributed by atoms with Gasteiger partial charge in [-0.2, -0.15) is 10.2 Å². The van der Waals surface area contributed by atoms with Gasteiger partial charge in [0.15, 0.2) is 11.5 Å². The highest BCUT2D eigenvalue weighted by atomic mass is 16.5. The maximum Gasteiger partial charge on any atom is 0.161 e. The molecule has 3 aromatic carbocycles. The van der Waals surface area contributed by atoms with Crippen LogP contribution in [0.25, 0.3) is 0 Å². The number of nitrogens with zero attached hydrogens (tertiary/aromatic N) is 3. The van der Waals surface area contributed by atoms with Gasteiger partial charge in [0.1, 0.15) is 0 Å². The molecule has 0 N–H and O–H groups in total. The van der Waals surface area contributed by atoms with Crippen LogP contribution >= 0.6 is 0 Å². The van der Waals surface area contributed by atoms with Crippen LogP contribution in [0.5, 0.6) is 11.5 Å². The Hall–Kier alpha value is -3.47. The Balaban J connectivity index is 1.69. The van der Waals surface area contributed by atoms with E-state index in [1.165, 1.54) is 0 Å². The summed E-state index contributed by atoms with van der Waals surface area (Å²) in [6.07, 6.45) is 1.78. The van der Waals surface area contributed by atoms with Crippen LogP contribution in [-0.2, 0) is 0 Å². The zero-order valence-corrected chi connectivity index (χ0v) is 14.7. The first-order valence-corrected chi connectivity index (χ1v) is 8.11. The van der Waals surface area contributed by atoms with Gasteiger partial charge in [0.05, 0.1) is 31.3 Å². The minimum absolute atomic E-state index is 0.674. The van der Waals surface area contributed by atoms with Crippen LogP contribution in [0.2, 0.25) is 0 Å². The molecule has 5 nitrogen and oxygen atoms in total. The molecule has 0 saturated heterocycles. The lowest BCUT2D eigenvalue weighted by molar-refractivity contribution is 0.355. The van der Waals surface area contributed by atoms with Gasteiger partial charge in [-0.05, 0) is 60.2 Å². The number of methoxy groups -OCH3 is 2. The first-order chi connectivity index (χ1) is 12.8. The second kappa shape index (κ2) is 8.58. The van der Waals surface area contributed by atoms with Gasteiger partial charge in [0, 0.05) is 6.21 Å². The van der Waals surface area contributed by atoms with Gasteiger partial charge in [-0.3, -0.25) is 4.99 Å². The van der Waals surface area contributed by atoms with Crippen molar-refractivity contribution in [2.45, 2.75) is 0 Å². The number of azo groups is 1. The summed E-state index contributed by atoms with van der Waals surface area (Å²) in [4.78, 5) is 4.47. The Kier molecular flexibility index (Phi) is 5.72. The van der Waals surface area contributed by atoms with Gasteiger partial charge in [-0.15, -0.1) is 0 Å². The van der Waals surface area contributed by atoms with Crippen LogP contribution in [0.4, 0.5) is 17.1 Å². The number of benzene rings is 3. The molecule has 0 fully saturated rings. The zero-order valence-electron chi connectivity index (χ0n) is 14.7. The molecule has 3 rings (SSSR count). The third-order valence-electron chi connectivity index (χ3n) is 3.66. The highest BCUT2D eigenvalue weighted by Crippen LogP contribution is 2.27. The smallest absolute Gasteiger partial charge is 0.161 e. The molecule has 0 saturated carbocycles. The third-order valence-corrected chi connectivity index (χ3v) is 3.66. The summed E-state index contributed by atoms with van der Waals surface area (Å²) in [7, 11) is 3.23. The molecular formula is C21H19N3O2. The van der Waals surface area contributed by atoms with Crippen LogP contribution < -0.4 is 9.47 Å².